The first kappa shape index (κ1) is 15.9. The lowest BCUT2D eigenvalue weighted by Gasteiger charge is -2.18. The molecule has 0 unspecified atom stereocenters. The molecule has 1 fully saturated rings. The van der Waals surface area contributed by atoms with E-state index in [-0.39, 0.29) is 18.5 Å². The molecule has 2 atom stereocenters. The molecule has 0 aromatic heterocycles. The van der Waals surface area contributed by atoms with Crippen LogP contribution in [-0.4, -0.2) is 41.8 Å². The van der Waals surface area contributed by atoms with Gasteiger partial charge >= 0.3 is 0 Å². The minimum atomic E-state index is -0.498. The highest BCUT2D eigenvalue weighted by Crippen LogP contribution is 2.34. The summed E-state index contributed by atoms with van der Waals surface area (Å²) in [6.45, 7) is 4.27. The number of aliphatic hydroxyl groups is 1. The van der Waals surface area contributed by atoms with Crippen molar-refractivity contribution in [2.75, 3.05) is 19.6 Å². The van der Waals surface area contributed by atoms with Gasteiger partial charge in [0, 0.05) is 13.1 Å². The number of para-hydroxylation sites is 1. The highest BCUT2D eigenvalue weighted by Gasteiger charge is 2.32. The first-order chi connectivity index (χ1) is 8.11. The zero-order valence-electron chi connectivity index (χ0n) is 9.97. The van der Waals surface area contributed by atoms with Gasteiger partial charge in [-0.1, -0.05) is 36.2 Å². The minimum absolute atomic E-state index is 0. The molecular formula is C12H16Cl3NO2. The Morgan fingerprint density at radius 3 is 2.44 bits per heavy atom. The van der Waals surface area contributed by atoms with Crippen molar-refractivity contribution in [3.8, 4) is 5.75 Å². The summed E-state index contributed by atoms with van der Waals surface area (Å²) in [4.78, 5) is 2.13. The number of hydrogen-bond donors (Lipinski definition) is 1. The number of likely N-dealkylation sites (N-methyl/N-ethyl adjacent to an activating group) is 1. The molecule has 1 heterocycles. The summed E-state index contributed by atoms with van der Waals surface area (Å²) in [6, 6.07) is 5.21. The predicted molar refractivity (Wildman–Crippen MR) is 76.2 cm³/mol. The molecule has 0 aliphatic carbocycles. The van der Waals surface area contributed by atoms with Gasteiger partial charge in [0.1, 0.15) is 12.2 Å². The number of halogens is 3. The lowest BCUT2D eigenvalue weighted by atomic mass is 10.2. The van der Waals surface area contributed by atoms with Gasteiger partial charge in [0.05, 0.1) is 10.0 Å². The number of aliphatic hydroxyl groups excluding tert-OH is 1. The van der Waals surface area contributed by atoms with Crippen LogP contribution in [0.3, 0.4) is 0 Å². The largest absolute Gasteiger partial charge is 0.483 e. The van der Waals surface area contributed by atoms with Gasteiger partial charge in [0.2, 0.25) is 0 Å². The molecule has 102 valence electrons. The number of ether oxygens (including phenoxy) is 1. The summed E-state index contributed by atoms with van der Waals surface area (Å²) in [7, 11) is 0. The standard InChI is InChI=1S/C12H15Cl2NO2.ClH/c1-2-15-6-10(16)11(7-15)17-12-8(13)4-3-5-9(12)14;/h3-5,10-11,16H,2,6-7H2,1H3;1H/t10-,11-;/m0./s1. The van der Waals surface area contributed by atoms with Gasteiger partial charge in [-0.15, -0.1) is 12.4 Å². The van der Waals surface area contributed by atoms with Crippen molar-refractivity contribution >= 4 is 35.6 Å². The number of benzene rings is 1. The van der Waals surface area contributed by atoms with Crippen LogP contribution in [0.25, 0.3) is 0 Å². The Balaban J connectivity index is 0.00000162. The molecule has 0 bridgehead atoms. The summed E-state index contributed by atoms with van der Waals surface area (Å²) in [6.07, 6.45) is -0.769. The number of β-amino-alcohol motifs (C(OH)–C–C–N with tert-alkyl or cyclic N) is 1. The Kier molecular flexibility index (Phi) is 6.02. The fourth-order valence-corrected chi connectivity index (χ4v) is 2.44. The minimum Gasteiger partial charge on any atom is -0.483 e. The lowest BCUT2D eigenvalue weighted by molar-refractivity contribution is 0.0738. The maximum Gasteiger partial charge on any atom is 0.157 e. The van der Waals surface area contributed by atoms with Crippen LogP contribution in [0.15, 0.2) is 18.2 Å². The van der Waals surface area contributed by atoms with Crippen molar-refractivity contribution < 1.29 is 9.84 Å². The van der Waals surface area contributed by atoms with Crippen molar-refractivity contribution in [1.29, 1.82) is 0 Å². The maximum atomic E-state index is 9.88. The molecule has 1 aliphatic heterocycles. The number of hydrogen-bond acceptors (Lipinski definition) is 3. The molecule has 0 saturated carbocycles. The van der Waals surface area contributed by atoms with E-state index in [9.17, 15) is 5.11 Å². The zero-order chi connectivity index (χ0) is 12.4. The Morgan fingerprint density at radius 2 is 1.94 bits per heavy atom. The van der Waals surface area contributed by atoms with Crippen LogP contribution in [0.5, 0.6) is 5.75 Å². The van der Waals surface area contributed by atoms with Crippen LogP contribution in [-0.2, 0) is 0 Å². The van der Waals surface area contributed by atoms with Gasteiger partial charge in [-0.3, -0.25) is 4.90 Å². The van der Waals surface area contributed by atoms with E-state index in [2.05, 4.69) is 11.8 Å². The third-order valence-corrected chi connectivity index (χ3v) is 3.54. The number of rotatable bonds is 3. The predicted octanol–water partition coefficient (Wildman–Crippen LogP) is 2.86. The molecule has 1 N–H and O–H groups in total. The van der Waals surface area contributed by atoms with Crippen molar-refractivity contribution in [2.45, 2.75) is 19.1 Å². The van der Waals surface area contributed by atoms with Crippen molar-refractivity contribution in [3.05, 3.63) is 28.2 Å². The van der Waals surface area contributed by atoms with E-state index in [0.29, 0.717) is 28.9 Å². The average molecular weight is 313 g/mol. The summed E-state index contributed by atoms with van der Waals surface area (Å²) < 4.78 is 5.73. The van der Waals surface area contributed by atoms with E-state index in [0.717, 1.165) is 6.54 Å². The highest BCUT2D eigenvalue weighted by atomic mass is 35.5. The normalized spacial score (nSPS) is 23.8. The monoisotopic (exact) mass is 311 g/mol. The summed E-state index contributed by atoms with van der Waals surface area (Å²) in [5.41, 5.74) is 0. The average Bonchev–Trinajstić information content (AvgIpc) is 2.65. The first-order valence-corrected chi connectivity index (χ1v) is 6.38. The third kappa shape index (κ3) is 3.43. The van der Waals surface area contributed by atoms with Crippen LogP contribution in [0, 0.1) is 0 Å². The van der Waals surface area contributed by atoms with Crippen LogP contribution in [0.2, 0.25) is 10.0 Å². The maximum absolute atomic E-state index is 9.88. The van der Waals surface area contributed by atoms with E-state index in [1.807, 2.05) is 0 Å². The second-order valence-corrected chi connectivity index (χ2v) is 4.94. The zero-order valence-corrected chi connectivity index (χ0v) is 12.3. The Hall–Kier alpha value is -0.190. The van der Waals surface area contributed by atoms with Gasteiger partial charge in [-0.25, -0.2) is 0 Å². The third-order valence-electron chi connectivity index (χ3n) is 2.95. The molecule has 18 heavy (non-hydrogen) atoms. The van der Waals surface area contributed by atoms with Gasteiger partial charge in [0.15, 0.2) is 5.75 Å². The van der Waals surface area contributed by atoms with Crippen LogP contribution < -0.4 is 4.74 Å². The van der Waals surface area contributed by atoms with Gasteiger partial charge < -0.3 is 9.84 Å². The first-order valence-electron chi connectivity index (χ1n) is 5.63. The van der Waals surface area contributed by atoms with Crippen LogP contribution in [0.4, 0.5) is 0 Å². The Labute approximate surface area is 123 Å². The van der Waals surface area contributed by atoms with Gasteiger partial charge in [0.25, 0.3) is 0 Å². The molecule has 1 aliphatic rings. The number of likely N-dealkylation sites (tertiary alicyclic amines) is 1. The Morgan fingerprint density at radius 1 is 1.33 bits per heavy atom. The smallest absolute Gasteiger partial charge is 0.157 e. The quantitative estimate of drug-likeness (QED) is 0.931. The Bertz CT molecular complexity index is 383. The molecule has 1 aromatic carbocycles. The molecule has 0 amide bonds. The summed E-state index contributed by atoms with van der Waals surface area (Å²) in [5, 5.41) is 10.8. The molecule has 1 saturated heterocycles. The fraction of sp³-hybridized carbons (Fsp3) is 0.500. The van der Waals surface area contributed by atoms with Crippen molar-refractivity contribution in [1.82, 2.24) is 4.90 Å². The highest BCUT2D eigenvalue weighted by molar-refractivity contribution is 6.37. The van der Waals surface area contributed by atoms with Crippen LogP contribution in [0.1, 0.15) is 6.92 Å². The molecule has 2 rings (SSSR count). The fourth-order valence-electron chi connectivity index (χ4n) is 1.95. The van der Waals surface area contributed by atoms with E-state index in [1.165, 1.54) is 0 Å². The molecular weight excluding hydrogens is 296 g/mol. The lowest BCUT2D eigenvalue weighted by Crippen LogP contribution is -2.30. The summed E-state index contributed by atoms with van der Waals surface area (Å²) >= 11 is 12.0. The van der Waals surface area contributed by atoms with Crippen LogP contribution >= 0.6 is 35.6 Å². The van der Waals surface area contributed by atoms with E-state index in [1.54, 1.807) is 18.2 Å². The summed E-state index contributed by atoms with van der Waals surface area (Å²) in [5.74, 6) is 0.456. The van der Waals surface area contributed by atoms with Gasteiger partial charge in [-0.2, -0.15) is 0 Å². The SMILES string of the molecule is CCN1C[C@H](Oc2c(Cl)cccc2Cl)[C@@H](O)C1.Cl. The molecule has 1 aromatic rings. The molecule has 0 radical (unpaired) electrons. The van der Waals surface area contributed by atoms with Crippen molar-refractivity contribution in [3.63, 3.8) is 0 Å². The van der Waals surface area contributed by atoms with E-state index >= 15 is 0 Å². The topological polar surface area (TPSA) is 32.7 Å². The molecule has 3 nitrogen and oxygen atoms in total. The van der Waals surface area contributed by atoms with E-state index in [4.69, 9.17) is 27.9 Å². The number of nitrogens with zero attached hydrogens (tertiary/aromatic N) is 1. The van der Waals surface area contributed by atoms with E-state index < -0.39 is 6.10 Å². The molecule has 0 spiro atoms. The van der Waals surface area contributed by atoms with Crippen molar-refractivity contribution in [2.24, 2.45) is 0 Å². The molecule has 6 heteroatoms. The second kappa shape index (κ2) is 6.83. The second-order valence-electron chi connectivity index (χ2n) is 4.13. The van der Waals surface area contributed by atoms with Gasteiger partial charge in [-0.05, 0) is 18.7 Å².